The Labute approximate surface area is 82.6 Å². The Hall–Kier alpha value is -1.36. The maximum absolute atomic E-state index is 11.1. The molecule has 1 amide bonds. The van der Waals surface area contributed by atoms with Crippen molar-refractivity contribution in [1.82, 2.24) is 9.55 Å². The molecule has 5 nitrogen and oxygen atoms in total. The van der Waals surface area contributed by atoms with Gasteiger partial charge in [0.1, 0.15) is 0 Å². The lowest BCUT2D eigenvalue weighted by atomic mass is 9.92. The fourth-order valence-electron chi connectivity index (χ4n) is 1.13. The van der Waals surface area contributed by atoms with E-state index in [1.165, 1.54) is 0 Å². The molecular formula is C9H15N3O2. The molecule has 0 atom stereocenters. The first kappa shape index (κ1) is 10.7. The average molecular weight is 197 g/mol. The summed E-state index contributed by atoms with van der Waals surface area (Å²) >= 11 is 0. The fourth-order valence-corrected chi connectivity index (χ4v) is 1.13. The van der Waals surface area contributed by atoms with Crippen molar-refractivity contribution in [3.63, 3.8) is 0 Å². The highest BCUT2D eigenvalue weighted by atomic mass is 16.3. The lowest BCUT2D eigenvalue weighted by molar-refractivity contribution is -0.126. The fraction of sp³-hybridized carbons (Fsp3) is 0.556. The monoisotopic (exact) mass is 197 g/mol. The lowest BCUT2D eigenvalue weighted by Gasteiger charge is -2.21. The molecule has 0 radical (unpaired) electrons. The number of hydrogen-bond donors (Lipinski definition) is 2. The van der Waals surface area contributed by atoms with Crippen molar-refractivity contribution in [1.29, 1.82) is 0 Å². The SMILES string of the molecule is CC(C)(Cn1cncc1CO)C(N)=O. The number of rotatable bonds is 4. The average Bonchev–Trinajstić information content (AvgIpc) is 2.50. The highest BCUT2D eigenvalue weighted by molar-refractivity contribution is 5.79. The second-order valence-electron chi connectivity index (χ2n) is 3.92. The summed E-state index contributed by atoms with van der Waals surface area (Å²) in [6, 6.07) is 0. The Morgan fingerprint density at radius 3 is 2.86 bits per heavy atom. The minimum atomic E-state index is -0.634. The first-order valence-electron chi connectivity index (χ1n) is 4.37. The van der Waals surface area contributed by atoms with E-state index in [2.05, 4.69) is 4.98 Å². The van der Waals surface area contributed by atoms with Crippen LogP contribution in [0.5, 0.6) is 0 Å². The van der Waals surface area contributed by atoms with Gasteiger partial charge in [-0.3, -0.25) is 4.79 Å². The molecule has 1 aromatic rings. The van der Waals surface area contributed by atoms with E-state index < -0.39 is 5.41 Å². The number of aromatic nitrogens is 2. The third kappa shape index (κ3) is 2.11. The summed E-state index contributed by atoms with van der Waals surface area (Å²) in [7, 11) is 0. The maximum Gasteiger partial charge on any atom is 0.224 e. The van der Waals surface area contributed by atoms with Gasteiger partial charge in [-0.15, -0.1) is 0 Å². The largest absolute Gasteiger partial charge is 0.390 e. The Morgan fingerprint density at radius 1 is 1.71 bits per heavy atom. The Balaban J connectivity index is 2.83. The molecule has 0 spiro atoms. The van der Waals surface area contributed by atoms with E-state index in [0.717, 1.165) is 0 Å². The molecule has 14 heavy (non-hydrogen) atoms. The van der Waals surface area contributed by atoms with Gasteiger partial charge in [0.05, 0.1) is 30.2 Å². The number of aliphatic hydroxyl groups excluding tert-OH is 1. The van der Waals surface area contributed by atoms with Crippen molar-refractivity contribution in [2.45, 2.75) is 27.0 Å². The van der Waals surface area contributed by atoms with E-state index in [-0.39, 0.29) is 12.5 Å². The Kier molecular flexibility index (Phi) is 2.90. The first-order valence-corrected chi connectivity index (χ1v) is 4.37. The summed E-state index contributed by atoms with van der Waals surface area (Å²) in [5, 5.41) is 8.97. The first-order chi connectivity index (χ1) is 6.47. The van der Waals surface area contributed by atoms with Crippen LogP contribution < -0.4 is 5.73 Å². The summed E-state index contributed by atoms with van der Waals surface area (Å²) in [4.78, 5) is 15.0. The van der Waals surface area contributed by atoms with Gasteiger partial charge < -0.3 is 15.4 Å². The van der Waals surface area contributed by atoms with Gasteiger partial charge in [0.25, 0.3) is 0 Å². The number of nitrogens with zero attached hydrogens (tertiary/aromatic N) is 2. The van der Waals surface area contributed by atoms with Gasteiger partial charge in [0.2, 0.25) is 5.91 Å². The molecule has 0 fully saturated rings. The highest BCUT2D eigenvalue weighted by Crippen LogP contribution is 2.18. The van der Waals surface area contributed by atoms with Gasteiger partial charge in [-0.25, -0.2) is 4.98 Å². The number of carbonyl (C=O) groups excluding carboxylic acids is 1. The molecule has 1 aromatic heterocycles. The van der Waals surface area contributed by atoms with Crippen LogP contribution in [-0.4, -0.2) is 20.6 Å². The molecule has 0 aliphatic carbocycles. The van der Waals surface area contributed by atoms with Crippen LogP contribution in [0, 0.1) is 5.41 Å². The number of amides is 1. The third-order valence-electron chi connectivity index (χ3n) is 2.19. The van der Waals surface area contributed by atoms with Crippen molar-refractivity contribution in [3.05, 3.63) is 18.2 Å². The second-order valence-corrected chi connectivity index (χ2v) is 3.92. The molecule has 0 bridgehead atoms. The molecule has 0 unspecified atom stereocenters. The lowest BCUT2D eigenvalue weighted by Crippen LogP contribution is -2.35. The van der Waals surface area contributed by atoms with Crippen molar-refractivity contribution >= 4 is 5.91 Å². The zero-order chi connectivity index (χ0) is 10.8. The number of aliphatic hydroxyl groups is 1. The highest BCUT2D eigenvalue weighted by Gasteiger charge is 2.26. The topological polar surface area (TPSA) is 81.1 Å². The van der Waals surface area contributed by atoms with Crippen molar-refractivity contribution < 1.29 is 9.90 Å². The molecule has 0 saturated heterocycles. The van der Waals surface area contributed by atoms with Crippen LogP contribution in [0.15, 0.2) is 12.5 Å². The van der Waals surface area contributed by atoms with E-state index in [1.807, 2.05) is 0 Å². The van der Waals surface area contributed by atoms with E-state index in [1.54, 1.807) is 30.9 Å². The standard InChI is InChI=1S/C9H15N3O2/c1-9(2,8(10)14)5-12-6-11-3-7(12)4-13/h3,6,13H,4-5H2,1-2H3,(H2,10,14). The normalized spacial score (nSPS) is 11.6. The summed E-state index contributed by atoms with van der Waals surface area (Å²) < 4.78 is 1.73. The molecule has 1 rings (SSSR count). The predicted octanol–water partition coefficient (Wildman–Crippen LogP) is -0.113. The van der Waals surface area contributed by atoms with Crippen LogP contribution in [0.4, 0.5) is 0 Å². The van der Waals surface area contributed by atoms with E-state index >= 15 is 0 Å². The Bertz CT molecular complexity index is 331. The van der Waals surface area contributed by atoms with Crippen molar-refractivity contribution in [3.8, 4) is 0 Å². The summed E-state index contributed by atoms with van der Waals surface area (Å²) in [6.45, 7) is 3.86. The minimum absolute atomic E-state index is 0.0885. The van der Waals surface area contributed by atoms with E-state index in [4.69, 9.17) is 10.8 Å². The van der Waals surface area contributed by atoms with Crippen LogP contribution in [0.3, 0.4) is 0 Å². The van der Waals surface area contributed by atoms with Gasteiger partial charge in [-0.2, -0.15) is 0 Å². The molecule has 5 heteroatoms. The van der Waals surface area contributed by atoms with Crippen molar-refractivity contribution in [2.75, 3.05) is 0 Å². The number of hydrogen-bond acceptors (Lipinski definition) is 3. The zero-order valence-corrected chi connectivity index (χ0v) is 8.40. The summed E-state index contributed by atoms with van der Waals surface area (Å²) in [5.74, 6) is -0.366. The van der Waals surface area contributed by atoms with Crippen LogP contribution in [0.2, 0.25) is 0 Å². The molecule has 0 aliphatic heterocycles. The molecule has 0 aliphatic rings. The number of carbonyl (C=O) groups is 1. The minimum Gasteiger partial charge on any atom is -0.390 e. The van der Waals surface area contributed by atoms with Gasteiger partial charge in [-0.1, -0.05) is 0 Å². The van der Waals surface area contributed by atoms with E-state index in [9.17, 15) is 4.79 Å². The quantitative estimate of drug-likeness (QED) is 0.706. The third-order valence-corrected chi connectivity index (χ3v) is 2.19. The van der Waals surface area contributed by atoms with Gasteiger partial charge in [0, 0.05) is 6.54 Å². The van der Waals surface area contributed by atoms with Gasteiger partial charge in [0.15, 0.2) is 0 Å². The smallest absolute Gasteiger partial charge is 0.224 e. The van der Waals surface area contributed by atoms with Gasteiger partial charge >= 0.3 is 0 Å². The molecule has 0 aromatic carbocycles. The summed E-state index contributed by atoms with van der Waals surface area (Å²) in [5.41, 5.74) is 5.29. The van der Waals surface area contributed by atoms with Crippen LogP contribution >= 0.6 is 0 Å². The van der Waals surface area contributed by atoms with Crippen LogP contribution in [0.25, 0.3) is 0 Å². The van der Waals surface area contributed by atoms with E-state index in [0.29, 0.717) is 12.2 Å². The molecule has 78 valence electrons. The predicted molar refractivity (Wildman–Crippen MR) is 51.1 cm³/mol. The molecule has 3 N–H and O–H groups in total. The van der Waals surface area contributed by atoms with Crippen molar-refractivity contribution in [2.24, 2.45) is 11.1 Å². The number of imidazole rings is 1. The molecular weight excluding hydrogens is 182 g/mol. The number of nitrogens with two attached hydrogens (primary N) is 1. The maximum atomic E-state index is 11.1. The molecule has 1 heterocycles. The zero-order valence-electron chi connectivity index (χ0n) is 8.40. The van der Waals surface area contributed by atoms with Gasteiger partial charge in [-0.05, 0) is 13.8 Å². The summed E-state index contributed by atoms with van der Waals surface area (Å²) in [6.07, 6.45) is 3.15. The second kappa shape index (κ2) is 3.79. The van der Waals surface area contributed by atoms with Crippen LogP contribution in [-0.2, 0) is 17.9 Å². The molecule has 0 saturated carbocycles. The number of primary amides is 1. The van der Waals surface area contributed by atoms with Crippen LogP contribution in [0.1, 0.15) is 19.5 Å². The Morgan fingerprint density at radius 2 is 2.36 bits per heavy atom.